The Kier molecular flexibility index (Phi) is 7.13. The van der Waals surface area contributed by atoms with E-state index < -0.39 is 0 Å². The van der Waals surface area contributed by atoms with Gasteiger partial charge in [0.1, 0.15) is 5.75 Å². The highest BCUT2D eigenvalue weighted by atomic mass is 32.2. The molecular weight excluding hydrogens is 448 g/mol. The Morgan fingerprint density at radius 3 is 2.18 bits per heavy atom. The highest BCUT2D eigenvalue weighted by Gasteiger charge is 2.34. The summed E-state index contributed by atoms with van der Waals surface area (Å²) in [7, 11) is 0. The minimum atomic E-state index is -0.302. The van der Waals surface area contributed by atoms with Gasteiger partial charge in [-0.15, -0.1) is 0 Å². The van der Waals surface area contributed by atoms with Crippen molar-refractivity contribution >= 4 is 40.6 Å². The van der Waals surface area contributed by atoms with Gasteiger partial charge in [-0.3, -0.25) is 19.3 Å². The van der Waals surface area contributed by atoms with Crippen LogP contribution in [0.1, 0.15) is 22.3 Å². The van der Waals surface area contributed by atoms with Crippen molar-refractivity contribution in [3.63, 3.8) is 0 Å². The molecule has 0 aliphatic carbocycles. The van der Waals surface area contributed by atoms with E-state index in [9.17, 15) is 14.4 Å². The summed E-state index contributed by atoms with van der Waals surface area (Å²) >= 11 is 0.933. The zero-order chi connectivity index (χ0) is 24.1. The van der Waals surface area contributed by atoms with Crippen LogP contribution in [-0.4, -0.2) is 28.6 Å². The molecule has 4 rings (SSSR count). The van der Waals surface area contributed by atoms with E-state index >= 15 is 0 Å². The molecule has 7 heteroatoms. The van der Waals surface area contributed by atoms with Crippen molar-refractivity contribution in [3.05, 3.63) is 100.0 Å². The Morgan fingerprint density at radius 1 is 0.912 bits per heavy atom. The largest absolute Gasteiger partial charge is 0.484 e. The highest BCUT2D eigenvalue weighted by molar-refractivity contribution is 8.18. The number of benzene rings is 3. The van der Waals surface area contributed by atoms with Crippen LogP contribution in [0.4, 0.5) is 10.5 Å². The maximum Gasteiger partial charge on any atom is 0.293 e. The van der Waals surface area contributed by atoms with E-state index in [1.54, 1.807) is 30.3 Å². The van der Waals surface area contributed by atoms with Crippen molar-refractivity contribution in [2.24, 2.45) is 0 Å². The van der Waals surface area contributed by atoms with Gasteiger partial charge in [-0.1, -0.05) is 59.7 Å². The molecule has 0 saturated carbocycles. The van der Waals surface area contributed by atoms with Gasteiger partial charge in [0, 0.05) is 5.69 Å². The number of thioether (sulfide) groups is 1. The van der Waals surface area contributed by atoms with E-state index in [0.29, 0.717) is 16.3 Å². The molecular formula is C27H24N2O4S. The minimum Gasteiger partial charge on any atom is -0.484 e. The van der Waals surface area contributed by atoms with Gasteiger partial charge in [0.05, 0.1) is 11.4 Å². The highest BCUT2D eigenvalue weighted by Crippen LogP contribution is 2.33. The lowest BCUT2D eigenvalue weighted by molar-refractivity contribution is -0.123. The lowest BCUT2D eigenvalue weighted by Gasteiger charge is -2.12. The Hall–Kier alpha value is -3.84. The fraction of sp³-hybridized carbons (Fsp3) is 0.148. The summed E-state index contributed by atoms with van der Waals surface area (Å²) in [5.41, 5.74) is 4.62. The number of carbonyl (C=O) groups excluding carboxylic acids is 3. The molecule has 1 aliphatic rings. The molecule has 0 bridgehead atoms. The summed E-state index contributed by atoms with van der Waals surface area (Å²) in [5, 5.41) is 2.50. The molecule has 34 heavy (non-hydrogen) atoms. The van der Waals surface area contributed by atoms with Gasteiger partial charge in [0.2, 0.25) is 0 Å². The van der Waals surface area contributed by atoms with Crippen LogP contribution in [0.15, 0.2) is 77.7 Å². The summed E-state index contributed by atoms with van der Waals surface area (Å²) in [6.07, 6.45) is 1.69. The second kappa shape index (κ2) is 10.4. The van der Waals surface area contributed by atoms with Crippen LogP contribution in [-0.2, 0) is 16.1 Å². The Labute approximate surface area is 202 Å². The number of anilines is 1. The molecule has 1 aliphatic heterocycles. The van der Waals surface area contributed by atoms with Crippen LogP contribution in [0, 0.1) is 13.8 Å². The third kappa shape index (κ3) is 5.94. The smallest absolute Gasteiger partial charge is 0.293 e. The third-order valence-electron chi connectivity index (χ3n) is 5.22. The molecule has 3 aromatic rings. The molecule has 0 aromatic heterocycles. The van der Waals surface area contributed by atoms with Gasteiger partial charge >= 0.3 is 0 Å². The van der Waals surface area contributed by atoms with Crippen LogP contribution in [0.5, 0.6) is 5.75 Å². The Bertz CT molecular complexity index is 1230. The number of nitrogens with zero attached hydrogens (tertiary/aromatic N) is 1. The molecule has 0 atom stereocenters. The topological polar surface area (TPSA) is 75.7 Å². The van der Waals surface area contributed by atoms with Crippen molar-refractivity contribution < 1.29 is 19.1 Å². The molecule has 0 radical (unpaired) electrons. The van der Waals surface area contributed by atoms with Gasteiger partial charge in [-0.2, -0.15) is 0 Å². The number of hydrogen-bond donors (Lipinski definition) is 1. The second-order valence-corrected chi connectivity index (χ2v) is 9.02. The zero-order valence-electron chi connectivity index (χ0n) is 18.9. The molecule has 6 nitrogen and oxygen atoms in total. The van der Waals surface area contributed by atoms with Crippen LogP contribution in [0.25, 0.3) is 6.08 Å². The van der Waals surface area contributed by atoms with Crippen LogP contribution in [0.3, 0.4) is 0 Å². The van der Waals surface area contributed by atoms with Crippen molar-refractivity contribution in [2.75, 3.05) is 11.9 Å². The SMILES string of the molecule is Cc1ccc(CN2C(=O)S/C(=C/c3ccc(OCC(=O)Nc4ccc(C)cc4)cc3)C2=O)cc1. The average molecular weight is 473 g/mol. The number of nitrogens with one attached hydrogen (secondary N) is 1. The summed E-state index contributed by atoms with van der Waals surface area (Å²) in [6, 6.07) is 22.3. The first-order valence-corrected chi connectivity index (χ1v) is 11.6. The van der Waals surface area contributed by atoms with Crippen molar-refractivity contribution in [1.29, 1.82) is 0 Å². The molecule has 0 spiro atoms. The first-order chi connectivity index (χ1) is 16.4. The van der Waals surface area contributed by atoms with Crippen LogP contribution < -0.4 is 10.1 Å². The first-order valence-electron chi connectivity index (χ1n) is 10.8. The van der Waals surface area contributed by atoms with E-state index in [2.05, 4.69) is 5.32 Å². The minimum absolute atomic E-state index is 0.120. The lowest BCUT2D eigenvalue weighted by Crippen LogP contribution is -2.27. The van der Waals surface area contributed by atoms with E-state index in [4.69, 9.17) is 4.74 Å². The number of aryl methyl sites for hydroxylation is 2. The van der Waals surface area contributed by atoms with Crippen molar-refractivity contribution in [3.8, 4) is 5.75 Å². The monoisotopic (exact) mass is 472 g/mol. The normalized spacial score (nSPS) is 14.5. The molecule has 0 unspecified atom stereocenters. The fourth-order valence-corrected chi connectivity index (χ4v) is 4.15. The average Bonchev–Trinajstić information content (AvgIpc) is 3.09. The van der Waals surface area contributed by atoms with E-state index in [-0.39, 0.29) is 30.2 Å². The van der Waals surface area contributed by atoms with Gasteiger partial charge in [0.15, 0.2) is 6.61 Å². The number of amides is 3. The van der Waals surface area contributed by atoms with Gasteiger partial charge in [-0.25, -0.2) is 0 Å². The molecule has 172 valence electrons. The van der Waals surface area contributed by atoms with Crippen molar-refractivity contribution in [1.82, 2.24) is 4.90 Å². The molecule has 1 saturated heterocycles. The van der Waals surface area contributed by atoms with E-state index in [0.717, 1.165) is 34.0 Å². The third-order valence-corrected chi connectivity index (χ3v) is 6.13. The Balaban J connectivity index is 1.33. The molecule has 3 aromatic carbocycles. The standard InChI is InChI=1S/C27H24N2O4S/c1-18-3-7-21(8-4-18)16-29-26(31)24(34-27(29)32)15-20-9-13-23(14-10-20)33-17-25(30)28-22-11-5-19(2)6-12-22/h3-15H,16-17H2,1-2H3,(H,28,30)/b24-15+. The molecule has 1 N–H and O–H groups in total. The lowest BCUT2D eigenvalue weighted by atomic mass is 10.1. The predicted molar refractivity (Wildman–Crippen MR) is 134 cm³/mol. The zero-order valence-corrected chi connectivity index (χ0v) is 19.7. The molecule has 3 amide bonds. The van der Waals surface area contributed by atoms with E-state index in [1.165, 1.54) is 4.90 Å². The maximum atomic E-state index is 12.8. The summed E-state index contributed by atoms with van der Waals surface area (Å²) in [6.45, 7) is 4.10. The summed E-state index contributed by atoms with van der Waals surface area (Å²) < 4.78 is 5.55. The number of ether oxygens (including phenoxy) is 1. The summed E-state index contributed by atoms with van der Waals surface area (Å²) in [4.78, 5) is 38.9. The van der Waals surface area contributed by atoms with Gasteiger partial charge in [-0.05, 0) is 67.1 Å². The summed E-state index contributed by atoms with van der Waals surface area (Å²) in [5.74, 6) is -0.0254. The number of hydrogen-bond acceptors (Lipinski definition) is 5. The number of rotatable bonds is 7. The fourth-order valence-electron chi connectivity index (χ4n) is 3.31. The van der Waals surface area contributed by atoms with Gasteiger partial charge in [0.25, 0.3) is 17.1 Å². The predicted octanol–water partition coefficient (Wildman–Crippen LogP) is 5.56. The van der Waals surface area contributed by atoms with Gasteiger partial charge < -0.3 is 10.1 Å². The second-order valence-electron chi connectivity index (χ2n) is 8.03. The first kappa shape index (κ1) is 23.3. The van der Waals surface area contributed by atoms with Crippen LogP contribution in [0.2, 0.25) is 0 Å². The van der Waals surface area contributed by atoms with E-state index in [1.807, 2.05) is 62.4 Å². The Morgan fingerprint density at radius 2 is 1.53 bits per heavy atom. The quantitative estimate of drug-likeness (QED) is 0.456. The molecule has 1 fully saturated rings. The van der Waals surface area contributed by atoms with Crippen molar-refractivity contribution in [2.45, 2.75) is 20.4 Å². The number of carbonyl (C=O) groups is 3. The maximum absolute atomic E-state index is 12.8. The molecule has 1 heterocycles. The number of imide groups is 1. The van der Waals surface area contributed by atoms with Crippen LogP contribution >= 0.6 is 11.8 Å².